The van der Waals surface area contributed by atoms with E-state index in [1.165, 1.54) is 0 Å². The van der Waals surface area contributed by atoms with Gasteiger partial charge in [0, 0.05) is 12.6 Å². The number of likely N-dealkylation sites (N-methyl/N-ethyl adjacent to an activating group) is 1. The molecule has 1 amide bonds. The van der Waals surface area contributed by atoms with Crippen LogP contribution in [0.4, 0.5) is 5.69 Å². The first-order chi connectivity index (χ1) is 8.66. The van der Waals surface area contributed by atoms with E-state index in [1.807, 2.05) is 30.3 Å². The molecule has 1 unspecified atom stereocenters. The molecular formula is C14H13NO3. The third-order valence-corrected chi connectivity index (χ3v) is 3.11. The molecule has 0 fully saturated rings. The minimum atomic E-state index is -0.450. The summed E-state index contributed by atoms with van der Waals surface area (Å²) in [6.45, 7) is 1.75. The lowest BCUT2D eigenvalue weighted by atomic mass is 10.1. The standard InChI is InChI=1S/C14H13NO3/c1-9-14(16)15(2)11-6-5-10(8-13(11)18-9)12-4-3-7-17-12/h3-9H,1-2H3. The normalized spacial score (nSPS) is 18.4. The van der Waals surface area contributed by atoms with Gasteiger partial charge in [-0.3, -0.25) is 4.79 Å². The SMILES string of the molecule is CC1Oc2cc(-c3ccco3)ccc2N(C)C1=O. The highest BCUT2D eigenvalue weighted by Gasteiger charge is 2.29. The van der Waals surface area contributed by atoms with Crippen LogP contribution in [0.15, 0.2) is 41.0 Å². The second-order valence-corrected chi connectivity index (χ2v) is 4.32. The van der Waals surface area contributed by atoms with Gasteiger partial charge in [-0.25, -0.2) is 0 Å². The van der Waals surface area contributed by atoms with Crippen LogP contribution in [0, 0.1) is 0 Å². The van der Waals surface area contributed by atoms with Crippen molar-refractivity contribution in [3.05, 3.63) is 36.6 Å². The van der Waals surface area contributed by atoms with E-state index in [0.717, 1.165) is 17.0 Å². The number of ether oxygens (including phenoxy) is 1. The van der Waals surface area contributed by atoms with Gasteiger partial charge in [0.1, 0.15) is 11.5 Å². The van der Waals surface area contributed by atoms with E-state index in [-0.39, 0.29) is 5.91 Å². The number of benzene rings is 1. The molecule has 92 valence electrons. The van der Waals surface area contributed by atoms with Gasteiger partial charge in [0.25, 0.3) is 5.91 Å². The molecule has 1 aromatic heterocycles. The highest BCUT2D eigenvalue weighted by molar-refractivity contribution is 5.99. The first-order valence-electron chi connectivity index (χ1n) is 5.79. The fourth-order valence-corrected chi connectivity index (χ4v) is 2.11. The maximum atomic E-state index is 11.8. The van der Waals surface area contributed by atoms with E-state index in [0.29, 0.717) is 5.75 Å². The highest BCUT2D eigenvalue weighted by atomic mass is 16.5. The lowest BCUT2D eigenvalue weighted by Gasteiger charge is -2.30. The van der Waals surface area contributed by atoms with Crippen LogP contribution in [-0.4, -0.2) is 19.1 Å². The molecule has 0 saturated carbocycles. The summed E-state index contributed by atoms with van der Waals surface area (Å²) >= 11 is 0. The molecular weight excluding hydrogens is 230 g/mol. The molecule has 3 rings (SSSR count). The highest BCUT2D eigenvalue weighted by Crippen LogP contribution is 2.36. The van der Waals surface area contributed by atoms with Gasteiger partial charge in [-0.1, -0.05) is 0 Å². The monoisotopic (exact) mass is 243 g/mol. The molecule has 0 saturated heterocycles. The van der Waals surface area contributed by atoms with Crippen LogP contribution in [0.5, 0.6) is 5.75 Å². The molecule has 0 spiro atoms. The van der Waals surface area contributed by atoms with Crippen LogP contribution in [0.3, 0.4) is 0 Å². The Kier molecular flexibility index (Phi) is 2.37. The Morgan fingerprint density at radius 1 is 1.28 bits per heavy atom. The minimum Gasteiger partial charge on any atom is -0.479 e. The smallest absolute Gasteiger partial charge is 0.267 e. The molecule has 4 heteroatoms. The third-order valence-electron chi connectivity index (χ3n) is 3.11. The summed E-state index contributed by atoms with van der Waals surface area (Å²) in [6, 6.07) is 9.42. The fourth-order valence-electron chi connectivity index (χ4n) is 2.11. The van der Waals surface area contributed by atoms with E-state index in [9.17, 15) is 4.79 Å². The summed E-state index contributed by atoms with van der Waals surface area (Å²) in [5.74, 6) is 1.46. The number of rotatable bonds is 1. The Labute approximate surface area is 105 Å². The first-order valence-corrected chi connectivity index (χ1v) is 5.79. The van der Waals surface area contributed by atoms with Crippen LogP contribution < -0.4 is 9.64 Å². The number of furan rings is 1. The van der Waals surface area contributed by atoms with Crippen molar-refractivity contribution in [2.45, 2.75) is 13.0 Å². The maximum Gasteiger partial charge on any atom is 0.267 e. The molecule has 0 bridgehead atoms. The quantitative estimate of drug-likeness (QED) is 0.773. The predicted molar refractivity (Wildman–Crippen MR) is 67.6 cm³/mol. The number of anilines is 1. The first kappa shape index (κ1) is 10.9. The zero-order valence-corrected chi connectivity index (χ0v) is 10.2. The lowest BCUT2D eigenvalue weighted by molar-refractivity contribution is -0.125. The third kappa shape index (κ3) is 1.57. The zero-order chi connectivity index (χ0) is 12.7. The number of carbonyl (C=O) groups is 1. The number of carbonyl (C=O) groups excluding carboxylic acids is 1. The van der Waals surface area contributed by atoms with Crippen LogP contribution in [0.1, 0.15) is 6.92 Å². The van der Waals surface area contributed by atoms with Crippen LogP contribution in [-0.2, 0) is 4.79 Å². The molecule has 18 heavy (non-hydrogen) atoms. The Bertz CT molecular complexity index is 589. The van der Waals surface area contributed by atoms with Gasteiger partial charge in [0.05, 0.1) is 12.0 Å². The van der Waals surface area contributed by atoms with Crippen LogP contribution in [0.2, 0.25) is 0 Å². The van der Waals surface area contributed by atoms with Gasteiger partial charge >= 0.3 is 0 Å². The Balaban J connectivity index is 2.07. The van der Waals surface area contributed by atoms with Crippen molar-refractivity contribution in [2.24, 2.45) is 0 Å². The Morgan fingerprint density at radius 2 is 2.11 bits per heavy atom. The molecule has 1 aliphatic rings. The van der Waals surface area contributed by atoms with E-state index in [2.05, 4.69) is 0 Å². The number of amides is 1. The largest absolute Gasteiger partial charge is 0.479 e. The van der Waals surface area contributed by atoms with Gasteiger partial charge in [-0.05, 0) is 37.3 Å². The number of hydrogen-bond donors (Lipinski definition) is 0. The molecule has 1 aromatic carbocycles. The second kappa shape index (κ2) is 3.91. The molecule has 1 atom stereocenters. The summed E-state index contributed by atoms with van der Waals surface area (Å²) in [7, 11) is 1.76. The van der Waals surface area contributed by atoms with Crippen molar-refractivity contribution in [3.63, 3.8) is 0 Å². The molecule has 0 aliphatic carbocycles. The fraction of sp³-hybridized carbons (Fsp3) is 0.214. The van der Waals surface area contributed by atoms with Crippen molar-refractivity contribution in [1.29, 1.82) is 0 Å². The zero-order valence-electron chi connectivity index (χ0n) is 10.2. The predicted octanol–water partition coefficient (Wildman–Crippen LogP) is 2.69. The van der Waals surface area contributed by atoms with Crippen molar-refractivity contribution >= 4 is 11.6 Å². The second-order valence-electron chi connectivity index (χ2n) is 4.32. The average molecular weight is 243 g/mol. The molecule has 2 aromatic rings. The van der Waals surface area contributed by atoms with Gasteiger partial charge in [0.15, 0.2) is 6.10 Å². The van der Waals surface area contributed by atoms with Crippen LogP contribution in [0.25, 0.3) is 11.3 Å². The summed E-state index contributed by atoms with van der Waals surface area (Å²) < 4.78 is 11.0. The average Bonchev–Trinajstić information content (AvgIpc) is 2.89. The Hall–Kier alpha value is -2.23. The molecule has 4 nitrogen and oxygen atoms in total. The van der Waals surface area contributed by atoms with E-state index >= 15 is 0 Å². The lowest BCUT2D eigenvalue weighted by Crippen LogP contribution is -2.41. The molecule has 0 N–H and O–H groups in total. The van der Waals surface area contributed by atoms with E-state index in [1.54, 1.807) is 25.1 Å². The van der Waals surface area contributed by atoms with Crippen molar-refractivity contribution in [1.82, 2.24) is 0 Å². The molecule has 1 aliphatic heterocycles. The summed E-state index contributed by atoms with van der Waals surface area (Å²) in [4.78, 5) is 13.4. The summed E-state index contributed by atoms with van der Waals surface area (Å²) in [5.41, 5.74) is 1.72. The number of fused-ring (bicyclic) bond motifs is 1. The van der Waals surface area contributed by atoms with Gasteiger partial charge in [-0.15, -0.1) is 0 Å². The molecule has 2 heterocycles. The number of hydrogen-bond acceptors (Lipinski definition) is 3. The summed E-state index contributed by atoms with van der Waals surface area (Å²) in [5, 5.41) is 0. The van der Waals surface area contributed by atoms with Gasteiger partial charge < -0.3 is 14.1 Å². The Morgan fingerprint density at radius 3 is 2.83 bits per heavy atom. The number of nitrogens with zero attached hydrogens (tertiary/aromatic N) is 1. The van der Waals surface area contributed by atoms with Gasteiger partial charge in [0.2, 0.25) is 0 Å². The maximum absolute atomic E-state index is 11.8. The van der Waals surface area contributed by atoms with E-state index < -0.39 is 6.10 Å². The van der Waals surface area contributed by atoms with Crippen LogP contribution >= 0.6 is 0 Å². The summed E-state index contributed by atoms with van der Waals surface area (Å²) in [6.07, 6.45) is 1.18. The van der Waals surface area contributed by atoms with Crippen molar-refractivity contribution in [3.8, 4) is 17.1 Å². The molecule has 0 radical (unpaired) electrons. The van der Waals surface area contributed by atoms with E-state index in [4.69, 9.17) is 9.15 Å². The minimum absolute atomic E-state index is 0.0340. The van der Waals surface area contributed by atoms with Crippen molar-refractivity contribution < 1.29 is 13.9 Å². The van der Waals surface area contributed by atoms with Crippen molar-refractivity contribution in [2.75, 3.05) is 11.9 Å². The topological polar surface area (TPSA) is 42.7 Å². The van der Waals surface area contributed by atoms with Gasteiger partial charge in [-0.2, -0.15) is 0 Å².